The van der Waals surface area contributed by atoms with Gasteiger partial charge in [-0.1, -0.05) is 25.1 Å². The van der Waals surface area contributed by atoms with E-state index in [4.69, 9.17) is 27.9 Å². The van der Waals surface area contributed by atoms with E-state index in [1.165, 1.54) is 0 Å². The number of carbonyl (C=O) groups is 1. The van der Waals surface area contributed by atoms with Crippen LogP contribution in [0.3, 0.4) is 0 Å². The predicted molar refractivity (Wildman–Crippen MR) is 133 cm³/mol. The number of nitrogens with zero attached hydrogens (tertiary/aromatic N) is 4. The molecule has 2 N–H and O–H groups in total. The number of nitrogens with one attached hydrogen (secondary N) is 2. The van der Waals surface area contributed by atoms with Crippen molar-refractivity contribution < 1.29 is 9.53 Å². The molecule has 0 aliphatic carbocycles. The highest BCUT2D eigenvalue weighted by molar-refractivity contribution is 6.29. The number of amides is 1. The molecule has 2 rings (SSSR count). The number of aromatic nitrogens is 3. The molecule has 0 bridgehead atoms. The van der Waals surface area contributed by atoms with Crippen LogP contribution in [0.25, 0.3) is 0 Å². The zero-order valence-electron chi connectivity index (χ0n) is 19.7. The third-order valence-corrected chi connectivity index (χ3v) is 4.57. The predicted octanol–water partition coefficient (Wildman–Crippen LogP) is 4.90. The Hall–Kier alpha value is -2.16. The summed E-state index contributed by atoms with van der Waals surface area (Å²) in [6.07, 6.45) is 0.870. The van der Waals surface area contributed by atoms with Crippen molar-refractivity contribution in [1.82, 2.24) is 15.0 Å². The number of aryl methyl sites for hydroxylation is 2. The molecular formula is C22H34Cl2N6O2. The molecule has 32 heavy (non-hydrogen) atoms. The van der Waals surface area contributed by atoms with Crippen LogP contribution in [0, 0.1) is 6.92 Å². The van der Waals surface area contributed by atoms with Gasteiger partial charge in [-0.3, -0.25) is 9.69 Å². The second-order valence-electron chi connectivity index (χ2n) is 7.09. The van der Waals surface area contributed by atoms with E-state index in [-0.39, 0.29) is 29.8 Å². The number of alkyl halides is 1. The third-order valence-electron chi connectivity index (χ3n) is 4.17. The Bertz CT molecular complexity index is 851. The highest BCUT2D eigenvalue weighted by atomic mass is 35.5. The lowest BCUT2D eigenvalue weighted by Gasteiger charge is -2.25. The van der Waals surface area contributed by atoms with Crippen LogP contribution in [0.4, 0.5) is 17.6 Å². The summed E-state index contributed by atoms with van der Waals surface area (Å²) >= 11 is 11.4. The van der Waals surface area contributed by atoms with Crippen molar-refractivity contribution in [2.24, 2.45) is 0 Å². The zero-order valence-corrected chi connectivity index (χ0v) is 21.2. The topological polar surface area (TPSA) is 92.3 Å². The van der Waals surface area contributed by atoms with Gasteiger partial charge in [-0.05, 0) is 63.8 Å². The van der Waals surface area contributed by atoms with Crippen LogP contribution in [-0.2, 0) is 16.0 Å². The van der Waals surface area contributed by atoms with Crippen LogP contribution in [0.15, 0.2) is 18.2 Å². The quantitative estimate of drug-likeness (QED) is 0.365. The first kappa shape index (κ1) is 27.9. The molecule has 0 radical (unpaired) electrons. The first-order valence-corrected chi connectivity index (χ1v) is 11.6. The van der Waals surface area contributed by atoms with E-state index >= 15 is 0 Å². The standard InChI is InChI=1S/C14H20ClNO2.C8H14ClN5/c1-4-12-8-6-7-11(3)14(12)16(10-18-5-2)13(17)9-15;1-4-10-7-12-6(9)13-8(14-7)11-5(2)3/h6-8H,4-5,9-10H2,1-3H3;5H,4H2,1-3H3,(H2,10,11,12,13,14). The molecule has 0 saturated heterocycles. The molecule has 0 fully saturated rings. The molecule has 1 heterocycles. The minimum Gasteiger partial charge on any atom is -0.361 e. The Labute approximate surface area is 201 Å². The fourth-order valence-corrected chi connectivity index (χ4v) is 3.12. The summed E-state index contributed by atoms with van der Waals surface area (Å²) in [6.45, 7) is 13.5. The molecule has 0 saturated carbocycles. The maximum Gasteiger partial charge on any atom is 0.243 e. The van der Waals surface area contributed by atoms with Gasteiger partial charge in [0.2, 0.25) is 23.1 Å². The zero-order chi connectivity index (χ0) is 24.1. The summed E-state index contributed by atoms with van der Waals surface area (Å²) in [5.41, 5.74) is 3.12. The van der Waals surface area contributed by atoms with Crippen LogP contribution in [0.2, 0.25) is 5.28 Å². The number of hydrogen-bond donors (Lipinski definition) is 2. The van der Waals surface area contributed by atoms with Gasteiger partial charge in [0, 0.05) is 19.2 Å². The van der Waals surface area contributed by atoms with E-state index in [0.29, 0.717) is 18.5 Å². The van der Waals surface area contributed by atoms with Crippen LogP contribution in [0.1, 0.15) is 45.7 Å². The SMILES string of the molecule is CCNc1nc(Cl)nc(NC(C)C)n1.CCOCN(C(=O)CCl)c1c(C)cccc1CC. The van der Waals surface area contributed by atoms with Gasteiger partial charge in [-0.15, -0.1) is 11.6 Å². The first-order chi connectivity index (χ1) is 15.3. The number of ether oxygens (including phenoxy) is 1. The number of hydrogen-bond acceptors (Lipinski definition) is 7. The van der Waals surface area contributed by atoms with Gasteiger partial charge < -0.3 is 15.4 Å². The lowest BCUT2D eigenvalue weighted by Crippen LogP contribution is -2.35. The van der Waals surface area contributed by atoms with Gasteiger partial charge >= 0.3 is 0 Å². The largest absolute Gasteiger partial charge is 0.361 e. The van der Waals surface area contributed by atoms with Crippen LogP contribution in [0.5, 0.6) is 0 Å². The Balaban J connectivity index is 0.000000330. The van der Waals surface area contributed by atoms with Crippen molar-refractivity contribution in [3.63, 3.8) is 0 Å². The second-order valence-corrected chi connectivity index (χ2v) is 7.70. The minimum absolute atomic E-state index is 0.0371. The fraction of sp³-hybridized carbons (Fsp3) is 0.545. The lowest BCUT2D eigenvalue weighted by atomic mass is 10.0. The second kappa shape index (κ2) is 14.8. The minimum atomic E-state index is -0.130. The lowest BCUT2D eigenvalue weighted by molar-refractivity contribution is -0.117. The molecule has 0 spiro atoms. The number of rotatable bonds is 10. The summed E-state index contributed by atoms with van der Waals surface area (Å²) in [7, 11) is 0. The Morgan fingerprint density at radius 1 is 1.16 bits per heavy atom. The van der Waals surface area contributed by atoms with Crippen LogP contribution in [-0.4, -0.2) is 52.7 Å². The van der Waals surface area contributed by atoms with E-state index in [1.807, 2.05) is 52.8 Å². The van der Waals surface area contributed by atoms with E-state index in [0.717, 1.165) is 29.8 Å². The van der Waals surface area contributed by atoms with E-state index in [9.17, 15) is 4.79 Å². The molecule has 1 aromatic carbocycles. The number of carbonyl (C=O) groups excluding carboxylic acids is 1. The smallest absolute Gasteiger partial charge is 0.243 e. The van der Waals surface area contributed by atoms with Gasteiger partial charge in [-0.2, -0.15) is 15.0 Å². The number of anilines is 3. The summed E-state index contributed by atoms with van der Waals surface area (Å²) in [4.78, 5) is 25.6. The molecule has 0 atom stereocenters. The van der Waals surface area contributed by atoms with Crippen molar-refractivity contribution in [3.05, 3.63) is 34.6 Å². The van der Waals surface area contributed by atoms with Gasteiger partial charge in [-0.25, -0.2) is 0 Å². The first-order valence-electron chi connectivity index (χ1n) is 10.7. The van der Waals surface area contributed by atoms with Gasteiger partial charge in [0.25, 0.3) is 0 Å². The average molecular weight is 485 g/mol. The van der Waals surface area contributed by atoms with Gasteiger partial charge in [0.1, 0.15) is 12.6 Å². The highest BCUT2D eigenvalue weighted by Gasteiger charge is 2.19. The van der Waals surface area contributed by atoms with Crippen molar-refractivity contribution in [1.29, 1.82) is 0 Å². The number of para-hydroxylation sites is 1. The molecule has 178 valence electrons. The Morgan fingerprint density at radius 2 is 1.84 bits per heavy atom. The highest BCUT2D eigenvalue weighted by Crippen LogP contribution is 2.26. The number of halogens is 2. The van der Waals surface area contributed by atoms with Crippen molar-refractivity contribution >= 4 is 46.7 Å². The van der Waals surface area contributed by atoms with Crippen molar-refractivity contribution in [3.8, 4) is 0 Å². The molecule has 10 heteroatoms. The normalized spacial score (nSPS) is 10.4. The maximum atomic E-state index is 12.0. The molecule has 0 aliphatic rings. The van der Waals surface area contributed by atoms with Gasteiger partial charge in [0.05, 0.1) is 5.69 Å². The Kier molecular flexibility index (Phi) is 12.9. The molecular weight excluding hydrogens is 451 g/mol. The van der Waals surface area contributed by atoms with E-state index in [2.05, 4.69) is 32.5 Å². The van der Waals surface area contributed by atoms with Crippen LogP contribution < -0.4 is 15.5 Å². The maximum absolute atomic E-state index is 12.0. The Morgan fingerprint density at radius 3 is 2.41 bits per heavy atom. The van der Waals surface area contributed by atoms with Crippen molar-refractivity contribution in [2.75, 3.05) is 41.3 Å². The molecule has 0 aliphatic heterocycles. The number of benzene rings is 1. The van der Waals surface area contributed by atoms with Gasteiger partial charge in [0.15, 0.2) is 0 Å². The van der Waals surface area contributed by atoms with E-state index in [1.54, 1.807) is 4.90 Å². The van der Waals surface area contributed by atoms with E-state index < -0.39 is 0 Å². The molecule has 1 amide bonds. The molecule has 0 unspecified atom stereocenters. The third kappa shape index (κ3) is 9.14. The summed E-state index contributed by atoms with van der Waals surface area (Å²) in [6, 6.07) is 6.29. The molecule has 1 aromatic heterocycles. The van der Waals surface area contributed by atoms with Crippen LogP contribution >= 0.6 is 23.2 Å². The fourth-order valence-electron chi connectivity index (χ4n) is 2.82. The summed E-state index contributed by atoms with van der Waals surface area (Å²) in [5.74, 6) is 0.825. The monoisotopic (exact) mass is 484 g/mol. The molecule has 2 aromatic rings. The van der Waals surface area contributed by atoms with Crippen molar-refractivity contribution in [2.45, 2.75) is 54.0 Å². The summed E-state index contributed by atoms with van der Waals surface area (Å²) < 4.78 is 5.37. The summed E-state index contributed by atoms with van der Waals surface area (Å²) in [5, 5.41) is 6.23. The molecule has 8 nitrogen and oxygen atoms in total. The average Bonchev–Trinajstić information content (AvgIpc) is 2.74.